The van der Waals surface area contributed by atoms with Gasteiger partial charge in [0.05, 0.1) is 4.92 Å². The molecule has 0 aliphatic carbocycles. The second-order valence-corrected chi connectivity index (χ2v) is 3.25. The van der Waals surface area contributed by atoms with Gasteiger partial charge in [0.25, 0.3) is 5.69 Å². The molecule has 0 bridgehead atoms. The summed E-state index contributed by atoms with van der Waals surface area (Å²) in [4.78, 5) is 20.9. The number of ketones is 1. The first-order chi connectivity index (χ1) is 7.00. The minimum Gasteiger partial charge on any atom is -0.295 e. The zero-order valence-electron chi connectivity index (χ0n) is 8.56. The zero-order valence-corrected chi connectivity index (χ0v) is 8.56. The number of carbonyl (C=O) groups is 1. The van der Waals surface area contributed by atoms with Crippen LogP contribution in [0.5, 0.6) is 0 Å². The van der Waals surface area contributed by atoms with Crippen LogP contribution in [0.2, 0.25) is 0 Å². The average molecular weight is 205 g/mol. The molecule has 0 heterocycles. The van der Waals surface area contributed by atoms with E-state index in [0.29, 0.717) is 11.1 Å². The highest BCUT2D eigenvalue weighted by molar-refractivity contribution is 5.91. The van der Waals surface area contributed by atoms with Crippen LogP contribution in [-0.2, 0) is 4.79 Å². The van der Waals surface area contributed by atoms with Gasteiger partial charge in [-0.1, -0.05) is 18.2 Å². The molecule has 0 atom stereocenters. The van der Waals surface area contributed by atoms with Gasteiger partial charge in [-0.2, -0.15) is 0 Å². The molecule has 78 valence electrons. The van der Waals surface area contributed by atoms with Gasteiger partial charge in [0.1, 0.15) is 0 Å². The van der Waals surface area contributed by atoms with E-state index in [1.165, 1.54) is 19.1 Å². The van der Waals surface area contributed by atoms with Gasteiger partial charge in [-0.3, -0.25) is 14.9 Å². The molecule has 4 heteroatoms. The van der Waals surface area contributed by atoms with E-state index in [1.807, 2.05) is 0 Å². The first-order valence-corrected chi connectivity index (χ1v) is 4.44. The molecule has 0 aromatic heterocycles. The van der Waals surface area contributed by atoms with Crippen LogP contribution in [0.15, 0.2) is 24.3 Å². The highest BCUT2D eigenvalue weighted by Crippen LogP contribution is 2.19. The van der Waals surface area contributed by atoms with Gasteiger partial charge in [-0.15, -0.1) is 0 Å². The van der Waals surface area contributed by atoms with Gasteiger partial charge >= 0.3 is 0 Å². The fourth-order valence-electron chi connectivity index (χ4n) is 1.14. The molecule has 0 N–H and O–H groups in total. The zero-order chi connectivity index (χ0) is 11.4. The Morgan fingerprint density at radius 3 is 2.67 bits per heavy atom. The molecule has 0 saturated carbocycles. The van der Waals surface area contributed by atoms with E-state index in [2.05, 4.69) is 0 Å². The molecule has 0 amide bonds. The minimum atomic E-state index is -0.430. The minimum absolute atomic E-state index is 0.0701. The Kier molecular flexibility index (Phi) is 3.33. The Hall–Kier alpha value is -1.97. The first-order valence-electron chi connectivity index (χ1n) is 4.44. The molecule has 0 spiro atoms. The molecule has 1 aromatic rings. The summed E-state index contributed by atoms with van der Waals surface area (Å²) in [5, 5.41) is 10.6. The summed E-state index contributed by atoms with van der Waals surface area (Å²) in [6, 6.07) is 4.86. The average Bonchev–Trinajstić information content (AvgIpc) is 2.16. The van der Waals surface area contributed by atoms with Gasteiger partial charge in [-0.25, -0.2) is 0 Å². The standard InChI is InChI=1S/C11H11NO3/c1-8-3-5-10(6-4-9(2)13)7-11(8)12(14)15/h3-7H,1-2H3/b6-4+. The number of carbonyl (C=O) groups excluding carboxylic acids is 1. The van der Waals surface area contributed by atoms with Crippen LogP contribution in [-0.4, -0.2) is 10.7 Å². The van der Waals surface area contributed by atoms with E-state index in [0.717, 1.165) is 0 Å². The Morgan fingerprint density at radius 2 is 2.13 bits per heavy atom. The van der Waals surface area contributed by atoms with Crippen LogP contribution in [0.25, 0.3) is 6.08 Å². The van der Waals surface area contributed by atoms with Gasteiger partial charge in [-0.05, 0) is 25.5 Å². The number of nitro groups is 1. The summed E-state index contributed by atoms with van der Waals surface area (Å²) in [5.41, 5.74) is 1.34. The van der Waals surface area contributed by atoms with Crippen molar-refractivity contribution in [3.63, 3.8) is 0 Å². The number of allylic oxidation sites excluding steroid dienone is 1. The molecule has 0 saturated heterocycles. The van der Waals surface area contributed by atoms with E-state index in [9.17, 15) is 14.9 Å². The number of nitro benzene ring substituents is 1. The third kappa shape index (κ3) is 3.02. The number of aryl methyl sites for hydroxylation is 1. The normalized spacial score (nSPS) is 10.5. The van der Waals surface area contributed by atoms with Crippen LogP contribution in [0.4, 0.5) is 5.69 Å². The second-order valence-electron chi connectivity index (χ2n) is 3.25. The fraction of sp³-hybridized carbons (Fsp3) is 0.182. The molecule has 0 radical (unpaired) electrons. The lowest BCUT2D eigenvalue weighted by Gasteiger charge is -1.98. The molecule has 0 aliphatic rings. The first kappa shape index (κ1) is 11.1. The Labute approximate surface area is 87.4 Å². The quantitative estimate of drug-likeness (QED) is 0.432. The fourth-order valence-corrected chi connectivity index (χ4v) is 1.14. The van der Waals surface area contributed by atoms with Crippen molar-refractivity contribution in [1.29, 1.82) is 0 Å². The lowest BCUT2D eigenvalue weighted by Crippen LogP contribution is -1.92. The molecule has 1 rings (SSSR count). The molecule has 0 unspecified atom stereocenters. The highest BCUT2D eigenvalue weighted by Gasteiger charge is 2.09. The van der Waals surface area contributed by atoms with E-state index in [1.54, 1.807) is 25.1 Å². The molecule has 4 nitrogen and oxygen atoms in total. The van der Waals surface area contributed by atoms with Crippen molar-refractivity contribution >= 4 is 17.5 Å². The number of hydrogen-bond acceptors (Lipinski definition) is 3. The highest BCUT2D eigenvalue weighted by atomic mass is 16.6. The van der Waals surface area contributed by atoms with Gasteiger partial charge in [0.15, 0.2) is 5.78 Å². The Morgan fingerprint density at radius 1 is 1.47 bits per heavy atom. The molecule has 0 aliphatic heterocycles. The van der Waals surface area contributed by atoms with Gasteiger partial charge in [0.2, 0.25) is 0 Å². The maximum Gasteiger partial charge on any atom is 0.272 e. The van der Waals surface area contributed by atoms with Crippen LogP contribution in [0, 0.1) is 17.0 Å². The number of hydrogen-bond donors (Lipinski definition) is 0. The lowest BCUT2D eigenvalue weighted by atomic mass is 10.1. The van der Waals surface area contributed by atoms with Crippen molar-refractivity contribution in [1.82, 2.24) is 0 Å². The molecule has 1 aromatic carbocycles. The monoisotopic (exact) mass is 205 g/mol. The summed E-state index contributed by atoms with van der Waals surface area (Å²) < 4.78 is 0. The topological polar surface area (TPSA) is 60.2 Å². The van der Waals surface area contributed by atoms with Crippen molar-refractivity contribution in [2.24, 2.45) is 0 Å². The largest absolute Gasteiger partial charge is 0.295 e. The maximum absolute atomic E-state index is 10.7. The maximum atomic E-state index is 10.7. The van der Waals surface area contributed by atoms with E-state index in [-0.39, 0.29) is 11.5 Å². The summed E-state index contributed by atoms with van der Waals surface area (Å²) in [7, 11) is 0. The predicted octanol–water partition coefficient (Wildman–Crippen LogP) is 2.51. The predicted molar refractivity (Wildman–Crippen MR) is 57.5 cm³/mol. The molecular weight excluding hydrogens is 194 g/mol. The van der Waals surface area contributed by atoms with E-state index >= 15 is 0 Å². The Balaban J connectivity index is 3.08. The number of benzene rings is 1. The summed E-state index contributed by atoms with van der Waals surface area (Å²) >= 11 is 0. The van der Waals surface area contributed by atoms with Gasteiger partial charge in [0, 0.05) is 11.6 Å². The van der Waals surface area contributed by atoms with Crippen LogP contribution in [0.1, 0.15) is 18.1 Å². The van der Waals surface area contributed by atoms with Crippen LogP contribution < -0.4 is 0 Å². The van der Waals surface area contributed by atoms with E-state index in [4.69, 9.17) is 0 Å². The van der Waals surface area contributed by atoms with Crippen molar-refractivity contribution in [2.45, 2.75) is 13.8 Å². The molecular formula is C11H11NO3. The van der Waals surface area contributed by atoms with Crippen molar-refractivity contribution in [3.05, 3.63) is 45.5 Å². The number of nitrogens with zero attached hydrogens (tertiary/aromatic N) is 1. The van der Waals surface area contributed by atoms with Crippen LogP contribution >= 0.6 is 0 Å². The molecule has 15 heavy (non-hydrogen) atoms. The van der Waals surface area contributed by atoms with Crippen molar-refractivity contribution in [3.8, 4) is 0 Å². The van der Waals surface area contributed by atoms with Crippen molar-refractivity contribution in [2.75, 3.05) is 0 Å². The lowest BCUT2D eigenvalue weighted by molar-refractivity contribution is -0.385. The van der Waals surface area contributed by atoms with Crippen molar-refractivity contribution < 1.29 is 9.72 Å². The smallest absolute Gasteiger partial charge is 0.272 e. The van der Waals surface area contributed by atoms with Gasteiger partial charge < -0.3 is 0 Å². The van der Waals surface area contributed by atoms with Crippen LogP contribution in [0.3, 0.4) is 0 Å². The number of rotatable bonds is 3. The third-order valence-corrected chi connectivity index (χ3v) is 1.94. The third-order valence-electron chi connectivity index (χ3n) is 1.94. The second kappa shape index (κ2) is 4.50. The Bertz CT molecular complexity index is 435. The summed E-state index contributed by atoms with van der Waals surface area (Å²) in [6.07, 6.45) is 2.95. The van der Waals surface area contributed by atoms with E-state index < -0.39 is 4.92 Å². The summed E-state index contributed by atoms with van der Waals surface area (Å²) in [6.45, 7) is 3.11. The summed E-state index contributed by atoms with van der Waals surface area (Å²) in [5.74, 6) is -0.0850. The molecule has 0 fully saturated rings. The SMILES string of the molecule is CC(=O)/C=C/c1ccc(C)c([N+](=O)[O-])c1.